The minimum absolute atomic E-state index is 0.242. The number of rotatable bonds is 5. The van der Waals surface area contributed by atoms with Crippen LogP contribution < -0.4 is 10.6 Å². The van der Waals surface area contributed by atoms with Gasteiger partial charge in [0.15, 0.2) is 5.01 Å². The molecule has 3 aromatic rings. The van der Waals surface area contributed by atoms with Crippen LogP contribution in [0, 0.1) is 5.82 Å². The molecule has 2 N–H and O–H groups in total. The molecular weight excluding hydrogens is 329 g/mol. The van der Waals surface area contributed by atoms with Crippen molar-refractivity contribution in [2.24, 2.45) is 0 Å². The van der Waals surface area contributed by atoms with Gasteiger partial charge in [-0.15, -0.1) is 11.3 Å². The zero-order valence-corrected chi connectivity index (χ0v) is 13.4. The normalized spacial score (nSPS) is 10.5. The molecule has 0 atom stereocenters. The van der Waals surface area contributed by atoms with Gasteiger partial charge in [-0.3, -0.25) is 9.59 Å². The molecule has 1 heterocycles. The standard InChI is InChI=1S/C17H14FN3O2S/c18-12-5-3-4-11(10-12)15(22)19-8-9-20-16(23)17-21-13-6-1-2-7-14(13)24-17/h1-7,10H,8-9H2,(H,19,22)(H,20,23). The Morgan fingerprint density at radius 2 is 1.75 bits per heavy atom. The van der Waals surface area contributed by atoms with E-state index < -0.39 is 5.82 Å². The minimum atomic E-state index is -0.466. The molecule has 3 rings (SSSR count). The molecular formula is C17H14FN3O2S. The molecule has 0 fully saturated rings. The summed E-state index contributed by atoms with van der Waals surface area (Å²) in [6.07, 6.45) is 0. The number of amides is 2. The third-order valence-electron chi connectivity index (χ3n) is 3.27. The van der Waals surface area contributed by atoms with Crippen molar-refractivity contribution in [3.63, 3.8) is 0 Å². The Kier molecular flexibility index (Phi) is 4.81. The number of thiazole rings is 1. The molecule has 2 aromatic carbocycles. The summed E-state index contributed by atoms with van der Waals surface area (Å²) in [5, 5.41) is 5.70. The molecule has 122 valence electrons. The van der Waals surface area contributed by atoms with Gasteiger partial charge in [0.2, 0.25) is 0 Å². The maximum absolute atomic E-state index is 13.1. The van der Waals surface area contributed by atoms with Crippen LogP contribution in [0.4, 0.5) is 4.39 Å². The molecule has 24 heavy (non-hydrogen) atoms. The number of aromatic nitrogens is 1. The lowest BCUT2D eigenvalue weighted by atomic mass is 10.2. The molecule has 0 radical (unpaired) electrons. The van der Waals surface area contributed by atoms with Crippen molar-refractivity contribution >= 4 is 33.4 Å². The number of carbonyl (C=O) groups is 2. The molecule has 0 saturated heterocycles. The fourth-order valence-electron chi connectivity index (χ4n) is 2.13. The predicted molar refractivity (Wildman–Crippen MR) is 90.7 cm³/mol. The van der Waals surface area contributed by atoms with Gasteiger partial charge >= 0.3 is 0 Å². The van der Waals surface area contributed by atoms with Crippen molar-refractivity contribution in [2.45, 2.75) is 0 Å². The Labute approximate surface area is 141 Å². The summed E-state index contributed by atoms with van der Waals surface area (Å²) in [5.41, 5.74) is 1.03. The fourth-order valence-corrected chi connectivity index (χ4v) is 3.01. The predicted octanol–water partition coefficient (Wildman–Crippen LogP) is 2.60. The van der Waals surface area contributed by atoms with Crippen LogP contribution in [0.25, 0.3) is 10.2 Å². The van der Waals surface area contributed by atoms with E-state index in [0.717, 1.165) is 16.3 Å². The summed E-state index contributed by atoms with van der Waals surface area (Å²) in [4.78, 5) is 28.1. The highest BCUT2D eigenvalue weighted by Gasteiger charge is 2.11. The van der Waals surface area contributed by atoms with E-state index in [-0.39, 0.29) is 30.5 Å². The second kappa shape index (κ2) is 7.18. The highest BCUT2D eigenvalue weighted by atomic mass is 32.1. The van der Waals surface area contributed by atoms with Crippen LogP contribution in [0.5, 0.6) is 0 Å². The summed E-state index contributed by atoms with van der Waals surface area (Å²) in [5.74, 6) is -1.13. The van der Waals surface area contributed by atoms with Crippen LogP contribution in [-0.2, 0) is 0 Å². The number of fused-ring (bicyclic) bond motifs is 1. The third-order valence-corrected chi connectivity index (χ3v) is 4.31. The molecule has 7 heteroatoms. The van der Waals surface area contributed by atoms with Crippen molar-refractivity contribution in [3.8, 4) is 0 Å². The fraction of sp³-hybridized carbons (Fsp3) is 0.118. The van der Waals surface area contributed by atoms with Crippen molar-refractivity contribution < 1.29 is 14.0 Å². The van der Waals surface area contributed by atoms with E-state index in [1.54, 1.807) is 0 Å². The van der Waals surface area contributed by atoms with Gasteiger partial charge in [0, 0.05) is 18.7 Å². The number of para-hydroxylation sites is 1. The lowest BCUT2D eigenvalue weighted by Crippen LogP contribution is -2.34. The summed E-state index contributed by atoms with van der Waals surface area (Å²) in [7, 11) is 0. The molecule has 0 saturated carbocycles. The second-order valence-corrected chi connectivity index (χ2v) is 6.04. The zero-order valence-electron chi connectivity index (χ0n) is 12.6. The van der Waals surface area contributed by atoms with E-state index in [1.807, 2.05) is 24.3 Å². The zero-order chi connectivity index (χ0) is 16.9. The number of halogens is 1. The first kappa shape index (κ1) is 16.1. The van der Waals surface area contributed by atoms with E-state index >= 15 is 0 Å². The average molecular weight is 343 g/mol. The second-order valence-electron chi connectivity index (χ2n) is 5.01. The van der Waals surface area contributed by atoms with Crippen molar-refractivity contribution in [1.82, 2.24) is 15.6 Å². The van der Waals surface area contributed by atoms with E-state index in [1.165, 1.54) is 29.5 Å². The lowest BCUT2D eigenvalue weighted by molar-refractivity contribution is 0.0927. The van der Waals surface area contributed by atoms with Gasteiger partial charge in [-0.05, 0) is 30.3 Å². The summed E-state index contributed by atoms with van der Waals surface area (Å²) < 4.78 is 14.0. The molecule has 0 aliphatic rings. The van der Waals surface area contributed by atoms with E-state index in [9.17, 15) is 14.0 Å². The number of nitrogens with one attached hydrogen (secondary N) is 2. The molecule has 0 aliphatic heterocycles. The van der Waals surface area contributed by atoms with Crippen molar-refractivity contribution in [3.05, 3.63) is 64.9 Å². The van der Waals surface area contributed by atoms with Crippen LogP contribution >= 0.6 is 11.3 Å². The van der Waals surface area contributed by atoms with Gasteiger partial charge in [-0.1, -0.05) is 18.2 Å². The Morgan fingerprint density at radius 1 is 1.00 bits per heavy atom. The maximum Gasteiger partial charge on any atom is 0.280 e. The topological polar surface area (TPSA) is 71.1 Å². The van der Waals surface area contributed by atoms with Gasteiger partial charge in [0.05, 0.1) is 10.2 Å². The highest BCUT2D eigenvalue weighted by molar-refractivity contribution is 7.20. The largest absolute Gasteiger partial charge is 0.350 e. The SMILES string of the molecule is O=C(NCCNC(=O)c1nc2ccccc2s1)c1cccc(F)c1. The van der Waals surface area contributed by atoms with Crippen LogP contribution in [0.1, 0.15) is 20.2 Å². The van der Waals surface area contributed by atoms with E-state index in [4.69, 9.17) is 0 Å². The van der Waals surface area contributed by atoms with E-state index in [2.05, 4.69) is 15.6 Å². The Hall–Kier alpha value is -2.80. The third kappa shape index (κ3) is 3.75. The molecule has 0 spiro atoms. The number of carbonyl (C=O) groups excluding carboxylic acids is 2. The summed E-state index contributed by atoms with van der Waals surface area (Å²) in [6, 6.07) is 12.9. The average Bonchev–Trinajstić information content (AvgIpc) is 3.02. The van der Waals surface area contributed by atoms with Gasteiger partial charge in [0.25, 0.3) is 11.8 Å². The molecule has 0 bridgehead atoms. The number of hydrogen-bond donors (Lipinski definition) is 2. The van der Waals surface area contributed by atoms with E-state index in [0.29, 0.717) is 5.01 Å². The summed E-state index contributed by atoms with van der Waals surface area (Å²) in [6.45, 7) is 0.502. The lowest BCUT2D eigenvalue weighted by Gasteiger charge is -2.06. The first-order valence-electron chi connectivity index (χ1n) is 7.31. The monoisotopic (exact) mass is 343 g/mol. The van der Waals surface area contributed by atoms with Gasteiger partial charge in [0.1, 0.15) is 5.82 Å². The Bertz CT molecular complexity index is 861. The Morgan fingerprint density at radius 3 is 2.50 bits per heavy atom. The number of hydrogen-bond acceptors (Lipinski definition) is 4. The minimum Gasteiger partial charge on any atom is -0.350 e. The first-order chi connectivity index (χ1) is 11.6. The smallest absolute Gasteiger partial charge is 0.280 e. The quantitative estimate of drug-likeness (QED) is 0.700. The molecule has 0 unspecified atom stereocenters. The van der Waals surface area contributed by atoms with Crippen LogP contribution in [-0.4, -0.2) is 29.9 Å². The maximum atomic E-state index is 13.1. The van der Waals surface area contributed by atoms with Crippen LogP contribution in [0.2, 0.25) is 0 Å². The molecule has 0 aliphatic carbocycles. The first-order valence-corrected chi connectivity index (χ1v) is 8.13. The van der Waals surface area contributed by atoms with Crippen molar-refractivity contribution in [1.29, 1.82) is 0 Å². The van der Waals surface area contributed by atoms with Gasteiger partial charge in [-0.25, -0.2) is 9.37 Å². The number of benzene rings is 2. The number of nitrogens with zero attached hydrogens (tertiary/aromatic N) is 1. The Balaban J connectivity index is 1.49. The van der Waals surface area contributed by atoms with Gasteiger partial charge in [-0.2, -0.15) is 0 Å². The van der Waals surface area contributed by atoms with Crippen LogP contribution in [0.15, 0.2) is 48.5 Å². The molecule has 5 nitrogen and oxygen atoms in total. The van der Waals surface area contributed by atoms with Crippen molar-refractivity contribution in [2.75, 3.05) is 13.1 Å². The summed E-state index contributed by atoms with van der Waals surface area (Å²) >= 11 is 1.32. The molecule has 2 amide bonds. The molecule has 1 aromatic heterocycles. The van der Waals surface area contributed by atoms with Crippen LogP contribution in [0.3, 0.4) is 0 Å². The van der Waals surface area contributed by atoms with Gasteiger partial charge < -0.3 is 10.6 Å². The highest BCUT2D eigenvalue weighted by Crippen LogP contribution is 2.21.